The van der Waals surface area contributed by atoms with Crippen molar-refractivity contribution in [3.63, 3.8) is 0 Å². The predicted molar refractivity (Wildman–Crippen MR) is 69.0 cm³/mol. The normalized spacial score (nSPS) is 15.0. The van der Waals surface area contributed by atoms with Crippen molar-refractivity contribution in [2.24, 2.45) is 0 Å². The number of benzene rings is 1. The average molecular weight is 249 g/mol. The first-order valence-electron chi connectivity index (χ1n) is 6.26. The molecular formula is C14H19NO3. The Balaban J connectivity index is 1.88. The van der Waals surface area contributed by atoms with Gasteiger partial charge < -0.3 is 14.4 Å². The Bertz CT molecular complexity index is 431. The fourth-order valence-corrected chi connectivity index (χ4v) is 2.10. The average Bonchev–Trinajstić information content (AvgIpc) is 2.77. The van der Waals surface area contributed by atoms with Crippen LogP contribution in [0.1, 0.15) is 18.4 Å². The van der Waals surface area contributed by atoms with E-state index in [1.807, 2.05) is 30.0 Å². The monoisotopic (exact) mass is 249 g/mol. The molecule has 98 valence electrons. The van der Waals surface area contributed by atoms with Crippen LogP contribution in [0.2, 0.25) is 0 Å². The lowest BCUT2D eigenvalue weighted by atomic mass is 10.2. The zero-order valence-corrected chi connectivity index (χ0v) is 10.9. The molecule has 0 aromatic heterocycles. The number of amides is 1. The van der Waals surface area contributed by atoms with Gasteiger partial charge in [-0.15, -0.1) is 0 Å². The quantitative estimate of drug-likeness (QED) is 0.801. The lowest BCUT2D eigenvalue weighted by Crippen LogP contribution is -2.29. The molecule has 0 unspecified atom stereocenters. The fraction of sp³-hybridized carbons (Fsp3) is 0.500. The van der Waals surface area contributed by atoms with Crippen LogP contribution in [-0.2, 0) is 4.79 Å². The molecule has 1 heterocycles. The lowest BCUT2D eigenvalue weighted by molar-refractivity contribution is -0.128. The summed E-state index contributed by atoms with van der Waals surface area (Å²) in [5, 5.41) is 0. The minimum Gasteiger partial charge on any atom is -0.493 e. The van der Waals surface area contributed by atoms with E-state index in [0.29, 0.717) is 19.6 Å². The van der Waals surface area contributed by atoms with Crippen LogP contribution in [-0.4, -0.2) is 37.6 Å². The summed E-state index contributed by atoms with van der Waals surface area (Å²) in [5.74, 6) is 1.70. The molecule has 1 fully saturated rings. The number of nitrogens with zero attached hydrogens (tertiary/aromatic N) is 1. The first-order valence-corrected chi connectivity index (χ1v) is 6.26. The van der Waals surface area contributed by atoms with Crippen molar-refractivity contribution < 1.29 is 14.3 Å². The van der Waals surface area contributed by atoms with Gasteiger partial charge in [0.1, 0.15) is 6.61 Å². The van der Waals surface area contributed by atoms with Crippen LogP contribution < -0.4 is 9.47 Å². The van der Waals surface area contributed by atoms with E-state index in [0.717, 1.165) is 30.0 Å². The van der Waals surface area contributed by atoms with Crippen LogP contribution >= 0.6 is 0 Å². The van der Waals surface area contributed by atoms with E-state index >= 15 is 0 Å². The van der Waals surface area contributed by atoms with Gasteiger partial charge in [0.25, 0.3) is 0 Å². The standard InChI is InChI=1S/C14H19NO3/c1-11-5-6-12(13(10-11)17-2)18-9-8-15-7-3-4-14(15)16/h5-6,10H,3-4,7-9H2,1-2H3. The van der Waals surface area contributed by atoms with E-state index in [9.17, 15) is 4.79 Å². The number of rotatable bonds is 5. The second kappa shape index (κ2) is 5.76. The lowest BCUT2D eigenvalue weighted by Gasteiger charge is -2.17. The molecule has 0 N–H and O–H groups in total. The van der Waals surface area contributed by atoms with Crippen molar-refractivity contribution in [2.75, 3.05) is 26.8 Å². The summed E-state index contributed by atoms with van der Waals surface area (Å²) in [6.07, 6.45) is 1.64. The zero-order chi connectivity index (χ0) is 13.0. The van der Waals surface area contributed by atoms with Crippen LogP contribution in [0.3, 0.4) is 0 Å². The van der Waals surface area contributed by atoms with Gasteiger partial charge in [-0.05, 0) is 31.0 Å². The first kappa shape index (κ1) is 12.7. The first-order chi connectivity index (χ1) is 8.70. The van der Waals surface area contributed by atoms with E-state index in [2.05, 4.69) is 0 Å². The van der Waals surface area contributed by atoms with Crippen molar-refractivity contribution in [2.45, 2.75) is 19.8 Å². The molecule has 0 atom stereocenters. The topological polar surface area (TPSA) is 38.8 Å². The van der Waals surface area contributed by atoms with Gasteiger partial charge >= 0.3 is 0 Å². The molecule has 1 aromatic carbocycles. The Hall–Kier alpha value is -1.71. The summed E-state index contributed by atoms with van der Waals surface area (Å²) in [5.41, 5.74) is 1.13. The summed E-state index contributed by atoms with van der Waals surface area (Å²) in [4.78, 5) is 13.3. The molecule has 1 amide bonds. The van der Waals surface area contributed by atoms with E-state index in [1.165, 1.54) is 0 Å². The molecule has 18 heavy (non-hydrogen) atoms. The van der Waals surface area contributed by atoms with Crippen LogP contribution in [0, 0.1) is 6.92 Å². The Morgan fingerprint density at radius 3 is 2.83 bits per heavy atom. The van der Waals surface area contributed by atoms with E-state index in [4.69, 9.17) is 9.47 Å². The van der Waals surface area contributed by atoms with E-state index in [1.54, 1.807) is 7.11 Å². The molecule has 1 aromatic rings. The highest BCUT2D eigenvalue weighted by atomic mass is 16.5. The smallest absolute Gasteiger partial charge is 0.222 e. The molecule has 1 saturated heterocycles. The summed E-state index contributed by atoms with van der Waals surface area (Å²) in [7, 11) is 1.63. The Morgan fingerprint density at radius 2 is 2.17 bits per heavy atom. The molecule has 0 saturated carbocycles. The Kier molecular flexibility index (Phi) is 4.07. The van der Waals surface area contributed by atoms with E-state index < -0.39 is 0 Å². The van der Waals surface area contributed by atoms with Crippen LogP contribution in [0.4, 0.5) is 0 Å². The highest BCUT2D eigenvalue weighted by molar-refractivity contribution is 5.78. The fourth-order valence-electron chi connectivity index (χ4n) is 2.10. The molecule has 2 rings (SSSR count). The predicted octanol–water partition coefficient (Wildman–Crippen LogP) is 2.00. The van der Waals surface area contributed by atoms with Gasteiger partial charge in [0.05, 0.1) is 13.7 Å². The molecule has 0 bridgehead atoms. The third-order valence-corrected chi connectivity index (χ3v) is 3.11. The van der Waals surface area contributed by atoms with Crippen LogP contribution in [0.5, 0.6) is 11.5 Å². The van der Waals surface area contributed by atoms with Gasteiger partial charge in [-0.25, -0.2) is 0 Å². The van der Waals surface area contributed by atoms with Gasteiger partial charge in [-0.1, -0.05) is 6.07 Å². The van der Waals surface area contributed by atoms with Gasteiger partial charge in [0.15, 0.2) is 11.5 Å². The van der Waals surface area contributed by atoms with Crippen molar-refractivity contribution in [1.29, 1.82) is 0 Å². The summed E-state index contributed by atoms with van der Waals surface area (Å²) in [6.45, 7) is 4.02. The van der Waals surface area contributed by atoms with Gasteiger partial charge in [-0.3, -0.25) is 4.79 Å². The SMILES string of the molecule is COc1cc(C)ccc1OCCN1CCCC1=O. The van der Waals surface area contributed by atoms with Gasteiger partial charge in [0, 0.05) is 13.0 Å². The van der Waals surface area contributed by atoms with E-state index in [-0.39, 0.29) is 5.91 Å². The number of aryl methyl sites for hydroxylation is 1. The van der Waals surface area contributed by atoms with Crippen LogP contribution in [0.25, 0.3) is 0 Å². The number of hydrogen-bond acceptors (Lipinski definition) is 3. The Morgan fingerprint density at radius 1 is 1.33 bits per heavy atom. The number of ether oxygens (including phenoxy) is 2. The second-order valence-electron chi connectivity index (χ2n) is 4.49. The summed E-state index contributed by atoms with van der Waals surface area (Å²) >= 11 is 0. The Labute approximate surface area is 107 Å². The van der Waals surface area contributed by atoms with Crippen LogP contribution in [0.15, 0.2) is 18.2 Å². The maximum absolute atomic E-state index is 11.4. The number of likely N-dealkylation sites (tertiary alicyclic amines) is 1. The largest absolute Gasteiger partial charge is 0.493 e. The molecule has 1 aliphatic heterocycles. The molecule has 4 nitrogen and oxygen atoms in total. The highest BCUT2D eigenvalue weighted by Gasteiger charge is 2.19. The maximum Gasteiger partial charge on any atom is 0.222 e. The second-order valence-corrected chi connectivity index (χ2v) is 4.49. The number of hydrogen-bond donors (Lipinski definition) is 0. The number of carbonyl (C=O) groups is 1. The number of carbonyl (C=O) groups excluding carboxylic acids is 1. The number of methoxy groups -OCH3 is 1. The third kappa shape index (κ3) is 2.94. The van der Waals surface area contributed by atoms with Gasteiger partial charge in [0.2, 0.25) is 5.91 Å². The van der Waals surface area contributed by atoms with Gasteiger partial charge in [-0.2, -0.15) is 0 Å². The molecule has 1 aliphatic rings. The van der Waals surface area contributed by atoms with Crippen molar-refractivity contribution >= 4 is 5.91 Å². The molecule has 0 spiro atoms. The summed E-state index contributed by atoms with van der Waals surface area (Å²) < 4.78 is 10.9. The summed E-state index contributed by atoms with van der Waals surface area (Å²) in [6, 6.07) is 5.83. The zero-order valence-electron chi connectivity index (χ0n) is 10.9. The third-order valence-electron chi connectivity index (χ3n) is 3.11. The molecule has 4 heteroatoms. The minimum atomic E-state index is 0.231. The van der Waals surface area contributed by atoms with Crippen molar-refractivity contribution in [1.82, 2.24) is 4.90 Å². The molecule has 0 aliphatic carbocycles. The molecular weight excluding hydrogens is 230 g/mol. The molecule has 0 radical (unpaired) electrons. The van der Waals surface area contributed by atoms with Crippen molar-refractivity contribution in [3.05, 3.63) is 23.8 Å². The highest BCUT2D eigenvalue weighted by Crippen LogP contribution is 2.27. The minimum absolute atomic E-state index is 0.231. The maximum atomic E-state index is 11.4. The van der Waals surface area contributed by atoms with Crippen molar-refractivity contribution in [3.8, 4) is 11.5 Å².